The molecule has 0 aromatic carbocycles. The van der Waals surface area contributed by atoms with Gasteiger partial charge in [-0.05, 0) is 12.2 Å². The summed E-state index contributed by atoms with van der Waals surface area (Å²) in [5.74, 6) is -0.122. The van der Waals surface area contributed by atoms with Gasteiger partial charge in [-0.2, -0.15) is 0 Å². The summed E-state index contributed by atoms with van der Waals surface area (Å²) in [7, 11) is -3.71. The maximum absolute atomic E-state index is 11.9. The SMILES string of the molecule is N=C1C=CC(S(=O)(=O)Nc2cc(C=O)on2)C=C1. The summed E-state index contributed by atoms with van der Waals surface area (Å²) in [6.45, 7) is 0. The first kappa shape index (κ1) is 12.2. The number of hydrogen-bond donors (Lipinski definition) is 2. The van der Waals surface area contributed by atoms with Crippen LogP contribution in [0.3, 0.4) is 0 Å². The van der Waals surface area contributed by atoms with E-state index in [-0.39, 0.29) is 17.3 Å². The van der Waals surface area contributed by atoms with Gasteiger partial charge in [0, 0.05) is 6.07 Å². The Hall–Kier alpha value is -2.22. The fourth-order valence-corrected chi connectivity index (χ4v) is 2.43. The van der Waals surface area contributed by atoms with Crippen LogP contribution in [0.15, 0.2) is 34.9 Å². The van der Waals surface area contributed by atoms with Crippen molar-refractivity contribution in [3.05, 3.63) is 36.1 Å². The van der Waals surface area contributed by atoms with Gasteiger partial charge >= 0.3 is 0 Å². The number of nitrogens with zero attached hydrogens (tertiary/aromatic N) is 1. The second kappa shape index (κ2) is 4.57. The van der Waals surface area contributed by atoms with E-state index in [0.29, 0.717) is 6.29 Å². The van der Waals surface area contributed by atoms with Crippen molar-refractivity contribution in [2.75, 3.05) is 4.72 Å². The second-order valence-electron chi connectivity index (χ2n) is 3.52. The number of rotatable bonds is 4. The van der Waals surface area contributed by atoms with Crippen LogP contribution in [0.25, 0.3) is 0 Å². The van der Waals surface area contributed by atoms with Crippen molar-refractivity contribution >= 4 is 27.8 Å². The predicted molar refractivity (Wildman–Crippen MR) is 64.2 cm³/mol. The Morgan fingerprint density at radius 3 is 2.61 bits per heavy atom. The first-order valence-electron chi connectivity index (χ1n) is 4.90. The van der Waals surface area contributed by atoms with Crippen LogP contribution in [0.4, 0.5) is 5.82 Å². The van der Waals surface area contributed by atoms with Crippen molar-refractivity contribution in [3.8, 4) is 0 Å². The van der Waals surface area contributed by atoms with Gasteiger partial charge in [0.1, 0.15) is 5.25 Å². The molecule has 2 rings (SSSR count). The number of allylic oxidation sites excluding steroid dienone is 2. The molecule has 2 N–H and O–H groups in total. The molecule has 0 saturated heterocycles. The summed E-state index contributed by atoms with van der Waals surface area (Å²) >= 11 is 0. The minimum atomic E-state index is -3.71. The maximum atomic E-state index is 11.9. The normalized spacial score (nSPS) is 18.9. The van der Waals surface area contributed by atoms with E-state index < -0.39 is 15.3 Å². The lowest BCUT2D eigenvalue weighted by Gasteiger charge is -2.12. The van der Waals surface area contributed by atoms with Gasteiger partial charge < -0.3 is 9.93 Å². The minimum absolute atomic E-state index is 0.0560. The van der Waals surface area contributed by atoms with E-state index in [2.05, 4.69) is 14.4 Å². The van der Waals surface area contributed by atoms with Crippen LogP contribution in [-0.4, -0.2) is 30.8 Å². The predicted octanol–water partition coefficient (Wildman–Crippen LogP) is 0.743. The van der Waals surface area contributed by atoms with Crippen LogP contribution in [0.5, 0.6) is 0 Å². The van der Waals surface area contributed by atoms with Gasteiger partial charge in [-0.3, -0.25) is 9.52 Å². The molecule has 0 amide bonds. The van der Waals surface area contributed by atoms with Crippen LogP contribution in [-0.2, 0) is 10.0 Å². The molecule has 94 valence electrons. The van der Waals surface area contributed by atoms with Gasteiger partial charge in [0.05, 0.1) is 5.71 Å². The van der Waals surface area contributed by atoms with E-state index in [1.165, 1.54) is 30.4 Å². The van der Waals surface area contributed by atoms with E-state index >= 15 is 0 Å². The summed E-state index contributed by atoms with van der Waals surface area (Å²) in [6.07, 6.45) is 5.97. The molecule has 8 heteroatoms. The standard InChI is InChI=1S/C10H9N3O4S/c11-7-1-3-9(4-2-7)18(15,16)13-10-5-8(6-14)17-12-10/h1-6,9,11H,(H,12,13). The summed E-state index contributed by atoms with van der Waals surface area (Å²) in [5, 5.41) is 9.79. The lowest BCUT2D eigenvalue weighted by Crippen LogP contribution is -2.26. The Labute approximate surface area is 103 Å². The third-order valence-electron chi connectivity index (χ3n) is 2.18. The molecule has 0 radical (unpaired) electrons. The van der Waals surface area contributed by atoms with Crippen molar-refractivity contribution in [1.29, 1.82) is 5.41 Å². The van der Waals surface area contributed by atoms with Gasteiger partial charge in [-0.1, -0.05) is 17.3 Å². The van der Waals surface area contributed by atoms with Crippen LogP contribution < -0.4 is 4.72 Å². The second-order valence-corrected chi connectivity index (χ2v) is 5.36. The highest BCUT2D eigenvalue weighted by molar-refractivity contribution is 7.93. The summed E-state index contributed by atoms with van der Waals surface area (Å²) < 4.78 is 30.6. The molecule has 1 aromatic rings. The zero-order valence-electron chi connectivity index (χ0n) is 9.03. The number of anilines is 1. The highest BCUT2D eigenvalue weighted by atomic mass is 32.2. The number of hydrogen-bond acceptors (Lipinski definition) is 6. The Bertz CT molecular complexity index is 626. The molecular formula is C10H9N3O4S. The Morgan fingerprint density at radius 1 is 1.39 bits per heavy atom. The summed E-state index contributed by atoms with van der Waals surface area (Å²) in [4.78, 5) is 10.4. The van der Waals surface area contributed by atoms with Gasteiger partial charge in [0.25, 0.3) is 0 Å². The van der Waals surface area contributed by atoms with Gasteiger partial charge in [-0.25, -0.2) is 8.42 Å². The zero-order valence-corrected chi connectivity index (χ0v) is 9.85. The Balaban J connectivity index is 2.17. The number of sulfonamides is 1. The highest BCUT2D eigenvalue weighted by Crippen LogP contribution is 2.15. The molecule has 1 aromatic heterocycles. The summed E-state index contributed by atoms with van der Waals surface area (Å²) in [6, 6.07) is 1.18. The van der Waals surface area contributed by atoms with E-state index in [0.717, 1.165) is 0 Å². The Kier molecular flexibility index (Phi) is 3.11. The Morgan fingerprint density at radius 2 is 2.06 bits per heavy atom. The van der Waals surface area contributed by atoms with Crippen molar-refractivity contribution in [1.82, 2.24) is 5.16 Å². The largest absolute Gasteiger partial charge is 0.351 e. The van der Waals surface area contributed by atoms with Crippen molar-refractivity contribution in [3.63, 3.8) is 0 Å². The molecule has 0 fully saturated rings. The number of aromatic nitrogens is 1. The van der Waals surface area contributed by atoms with E-state index in [9.17, 15) is 13.2 Å². The molecule has 0 atom stereocenters. The van der Waals surface area contributed by atoms with Crippen molar-refractivity contribution in [2.45, 2.75) is 5.25 Å². The monoisotopic (exact) mass is 267 g/mol. The van der Waals surface area contributed by atoms with Gasteiger partial charge in [0.15, 0.2) is 12.1 Å². The number of carbonyl (C=O) groups is 1. The van der Waals surface area contributed by atoms with Crippen molar-refractivity contribution < 1.29 is 17.7 Å². The average Bonchev–Trinajstić information content (AvgIpc) is 2.76. The van der Waals surface area contributed by atoms with Crippen LogP contribution >= 0.6 is 0 Å². The molecule has 0 unspecified atom stereocenters. The maximum Gasteiger partial charge on any atom is 0.244 e. The van der Waals surface area contributed by atoms with Crippen LogP contribution in [0.2, 0.25) is 0 Å². The van der Waals surface area contributed by atoms with Crippen LogP contribution in [0.1, 0.15) is 10.6 Å². The zero-order chi connectivity index (χ0) is 13.2. The van der Waals surface area contributed by atoms with E-state index in [4.69, 9.17) is 5.41 Å². The highest BCUT2D eigenvalue weighted by Gasteiger charge is 2.23. The quantitative estimate of drug-likeness (QED) is 0.781. The molecule has 1 heterocycles. The molecule has 0 bridgehead atoms. The minimum Gasteiger partial charge on any atom is -0.351 e. The third-order valence-corrected chi connectivity index (χ3v) is 3.71. The molecule has 0 aliphatic heterocycles. The third kappa shape index (κ3) is 2.54. The van der Waals surface area contributed by atoms with Gasteiger partial charge in [-0.15, -0.1) is 0 Å². The molecule has 0 saturated carbocycles. The molecule has 1 aliphatic carbocycles. The molecule has 7 nitrogen and oxygen atoms in total. The number of aldehydes is 1. The molecule has 18 heavy (non-hydrogen) atoms. The van der Waals surface area contributed by atoms with Crippen molar-refractivity contribution in [2.24, 2.45) is 0 Å². The summed E-state index contributed by atoms with van der Waals surface area (Å²) in [5.41, 5.74) is 0.228. The fraction of sp³-hybridized carbons (Fsp3) is 0.100. The van der Waals surface area contributed by atoms with E-state index in [1.54, 1.807) is 0 Å². The first-order valence-corrected chi connectivity index (χ1v) is 6.44. The topological polar surface area (TPSA) is 113 Å². The molecule has 0 spiro atoms. The lowest BCUT2D eigenvalue weighted by atomic mass is 10.2. The lowest BCUT2D eigenvalue weighted by molar-refractivity contribution is 0.109. The van der Waals surface area contributed by atoms with E-state index in [1.807, 2.05) is 0 Å². The molecular weight excluding hydrogens is 258 g/mol. The number of nitrogens with one attached hydrogen (secondary N) is 2. The first-order chi connectivity index (χ1) is 8.51. The fourth-order valence-electron chi connectivity index (χ4n) is 1.33. The smallest absolute Gasteiger partial charge is 0.244 e. The molecule has 1 aliphatic rings. The number of carbonyl (C=O) groups excluding carboxylic acids is 1. The van der Waals surface area contributed by atoms with Gasteiger partial charge in [0.2, 0.25) is 15.8 Å². The van der Waals surface area contributed by atoms with Crippen LogP contribution in [0, 0.1) is 5.41 Å². The average molecular weight is 267 g/mol.